The first-order valence-electron chi connectivity index (χ1n) is 6.68. The van der Waals surface area contributed by atoms with Gasteiger partial charge in [0.2, 0.25) is 6.43 Å². The normalized spacial score (nSPS) is 18.2. The van der Waals surface area contributed by atoms with Crippen LogP contribution in [0.2, 0.25) is 5.02 Å². The van der Waals surface area contributed by atoms with Gasteiger partial charge in [-0.3, -0.25) is 4.90 Å². The molecule has 20 heavy (non-hydrogen) atoms. The van der Waals surface area contributed by atoms with Gasteiger partial charge in [0.15, 0.2) is 0 Å². The molecule has 6 heteroatoms. The molecule has 0 amide bonds. The summed E-state index contributed by atoms with van der Waals surface area (Å²) in [5.41, 5.74) is 0.738. The molecule has 0 bridgehead atoms. The van der Waals surface area contributed by atoms with E-state index in [9.17, 15) is 8.78 Å². The predicted molar refractivity (Wildman–Crippen MR) is 75.8 cm³/mol. The topological polar surface area (TPSA) is 24.5 Å². The highest BCUT2D eigenvalue weighted by atomic mass is 35.5. The van der Waals surface area contributed by atoms with Gasteiger partial charge >= 0.3 is 0 Å². The van der Waals surface area contributed by atoms with Crippen LogP contribution >= 0.6 is 11.6 Å². The smallest absolute Gasteiger partial charge is 0.240 e. The third kappa shape index (κ3) is 3.81. The molecule has 1 aliphatic rings. The zero-order valence-corrected chi connectivity index (χ0v) is 12.2. The van der Waals surface area contributed by atoms with Crippen molar-refractivity contribution in [1.29, 1.82) is 0 Å². The second-order valence-electron chi connectivity index (χ2n) is 4.81. The SMILES string of the molecule is COc1ccc(Cl)cc1[C@@H](CC(F)F)N1CCNCC1. The second-order valence-corrected chi connectivity index (χ2v) is 5.25. The third-order valence-corrected chi connectivity index (χ3v) is 3.78. The number of nitrogens with one attached hydrogen (secondary N) is 1. The molecule has 0 spiro atoms. The fourth-order valence-corrected chi connectivity index (χ4v) is 2.78. The van der Waals surface area contributed by atoms with Gasteiger partial charge < -0.3 is 10.1 Å². The Hall–Kier alpha value is -0.910. The molecule has 0 aliphatic carbocycles. The minimum atomic E-state index is -2.36. The van der Waals surface area contributed by atoms with Crippen LogP contribution in [-0.4, -0.2) is 44.6 Å². The number of piperazine rings is 1. The van der Waals surface area contributed by atoms with Crippen molar-refractivity contribution in [3.8, 4) is 5.75 Å². The van der Waals surface area contributed by atoms with Gasteiger partial charge in [-0.2, -0.15) is 0 Å². The molecule has 2 rings (SSSR count). The summed E-state index contributed by atoms with van der Waals surface area (Å²) in [6, 6.07) is 4.81. The monoisotopic (exact) mass is 304 g/mol. The van der Waals surface area contributed by atoms with E-state index < -0.39 is 6.43 Å². The average molecular weight is 305 g/mol. The molecule has 1 aliphatic heterocycles. The van der Waals surface area contributed by atoms with Crippen LogP contribution in [0.3, 0.4) is 0 Å². The summed E-state index contributed by atoms with van der Waals surface area (Å²) in [6.07, 6.45) is -2.57. The van der Waals surface area contributed by atoms with Crippen LogP contribution in [0.4, 0.5) is 8.78 Å². The molecule has 1 N–H and O–H groups in total. The summed E-state index contributed by atoms with van der Waals surface area (Å²) < 4.78 is 31.2. The van der Waals surface area contributed by atoms with Gasteiger partial charge in [0, 0.05) is 49.2 Å². The summed E-state index contributed by atoms with van der Waals surface area (Å²) in [6.45, 7) is 3.10. The fourth-order valence-electron chi connectivity index (χ4n) is 2.60. The lowest BCUT2D eigenvalue weighted by molar-refractivity contribution is 0.0729. The summed E-state index contributed by atoms with van der Waals surface area (Å²) in [5, 5.41) is 3.77. The molecule has 1 aromatic rings. The van der Waals surface area contributed by atoms with Crippen LogP contribution in [0.15, 0.2) is 18.2 Å². The van der Waals surface area contributed by atoms with Crippen LogP contribution in [0.1, 0.15) is 18.0 Å². The van der Waals surface area contributed by atoms with Crippen LogP contribution in [-0.2, 0) is 0 Å². The van der Waals surface area contributed by atoms with E-state index in [1.807, 2.05) is 0 Å². The molecule has 1 atom stereocenters. The molecule has 0 radical (unpaired) electrons. The van der Waals surface area contributed by atoms with Crippen molar-refractivity contribution < 1.29 is 13.5 Å². The first kappa shape index (κ1) is 15.5. The fraction of sp³-hybridized carbons (Fsp3) is 0.571. The van der Waals surface area contributed by atoms with Crippen molar-refractivity contribution in [2.45, 2.75) is 18.9 Å². The molecule has 1 fully saturated rings. The predicted octanol–water partition coefficient (Wildman–Crippen LogP) is 2.95. The van der Waals surface area contributed by atoms with Crippen LogP contribution in [0.25, 0.3) is 0 Å². The number of alkyl halides is 2. The lowest BCUT2D eigenvalue weighted by Gasteiger charge is -2.35. The summed E-state index contributed by atoms with van der Waals surface area (Å²) >= 11 is 6.02. The standard InChI is InChI=1S/C14H19ClF2N2O/c1-20-13-3-2-10(15)8-11(13)12(9-14(16)17)19-6-4-18-5-7-19/h2-3,8,12,14,18H,4-7,9H2,1H3/t12-/m1/s1. The maximum atomic E-state index is 12.9. The number of benzene rings is 1. The van der Waals surface area contributed by atoms with Crippen LogP contribution in [0.5, 0.6) is 5.75 Å². The minimum Gasteiger partial charge on any atom is -0.496 e. The Kier molecular flexibility index (Phi) is 5.57. The van der Waals surface area contributed by atoms with Crippen molar-refractivity contribution >= 4 is 11.6 Å². The van der Waals surface area contributed by atoms with Crippen molar-refractivity contribution in [3.05, 3.63) is 28.8 Å². The Balaban J connectivity index is 2.31. The van der Waals surface area contributed by atoms with E-state index in [0.29, 0.717) is 10.8 Å². The zero-order chi connectivity index (χ0) is 14.5. The number of nitrogens with zero attached hydrogens (tertiary/aromatic N) is 1. The van der Waals surface area contributed by atoms with E-state index in [4.69, 9.17) is 16.3 Å². The first-order chi connectivity index (χ1) is 9.61. The highest BCUT2D eigenvalue weighted by Gasteiger charge is 2.27. The molecular formula is C14H19ClF2N2O. The molecule has 1 heterocycles. The second kappa shape index (κ2) is 7.20. The van der Waals surface area contributed by atoms with Gasteiger partial charge in [-0.05, 0) is 18.2 Å². The lowest BCUT2D eigenvalue weighted by Crippen LogP contribution is -2.45. The van der Waals surface area contributed by atoms with Crippen molar-refractivity contribution in [2.75, 3.05) is 33.3 Å². The van der Waals surface area contributed by atoms with Crippen LogP contribution < -0.4 is 10.1 Å². The Morgan fingerprint density at radius 3 is 2.65 bits per heavy atom. The van der Waals surface area contributed by atoms with Gasteiger partial charge in [0.1, 0.15) is 5.75 Å². The molecule has 112 valence electrons. The Morgan fingerprint density at radius 2 is 2.05 bits per heavy atom. The number of rotatable bonds is 5. The molecule has 0 aromatic heterocycles. The number of methoxy groups -OCH3 is 1. The van der Waals surface area contributed by atoms with Crippen LogP contribution in [0, 0.1) is 0 Å². The largest absolute Gasteiger partial charge is 0.496 e. The minimum absolute atomic E-state index is 0.212. The zero-order valence-electron chi connectivity index (χ0n) is 11.4. The first-order valence-corrected chi connectivity index (χ1v) is 7.06. The number of ether oxygens (including phenoxy) is 1. The molecule has 3 nitrogen and oxygen atoms in total. The van der Waals surface area contributed by atoms with Crippen molar-refractivity contribution in [3.63, 3.8) is 0 Å². The average Bonchev–Trinajstić information content (AvgIpc) is 2.45. The van der Waals surface area contributed by atoms with Gasteiger partial charge in [-0.25, -0.2) is 8.78 Å². The highest BCUT2D eigenvalue weighted by Crippen LogP contribution is 2.35. The van der Waals surface area contributed by atoms with Gasteiger partial charge in [-0.1, -0.05) is 11.6 Å². The van der Waals surface area contributed by atoms with Crippen molar-refractivity contribution in [1.82, 2.24) is 10.2 Å². The van der Waals surface area contributed by atoms with E-state index in [2.05, 4.69) is 10.2 Å². The lowest BCUT2D eigenvalue weighted by atomic mass is 10.00. The quantitative estimate of drug-likeness (QED) is 0.905. The number of hydrogen-bond acceptors (Lipinski definition) is 3. The molecule has 1 aromatic carbocycles. The van der Waals surface area contributed by atoms with Gasteiger partial charge in [0.25, 0.3) is 0 Å². The Bertz CT molecular complexity index is 439. The Morgan fingerprint density at radius 1 is 1.35 bits per heavy atom. The van der Waals surface area contributed by atoms with E-state index >= 15 is 0 Å². The molecule has 0 unspecified atom stereocenters. The number of hydrogen-bond donors (Lipinski definition) is 1. The molecular weight excluding hydrogens is 286 g/mol. The molecule has 1 saturated heterocycles. The number of halogens is 3. The van der Waals surface area contributed by atoms with Gasteiger partial charge in [-0.15, -0.1) is 0 Å². The van der Waals surface area contributed by atoms with Crippen molar-refractivity contribution in [2.24, 2.45) is 0 Å². The van der Waals surface area contributed by atoms with E-state index in [1.165, 1.54) is 0 Å². The maximum Gasteiger partial charge on any atom is 0.240 e. The van der Waals surface area contributed by atoms with E-state index in [0.717, 1.165) is 31.7 Å². The highest BCUT2D eigenvalue weighted by molar-refractivity contribution is 6.30. The maximum absolute atomic E-state index is 12.9. The van der Waals surface area contributed by atoms with E-state index in [-0.39, 0.29) is 12.5 Å². The summed E-state index contributed by atoms with van der Waals surface area (Å²) in [5.74, 6) is 0.610. The molecule has 0 saturated carbocycles. The Labute approximate surface area is 122 Å². The van der Waals surface area contributed by atoms with E-state index in [1.54, 1.807) is 25.3 Å². The van der Waals surface area contributed by atoms with Gasteiger partial charge in [0.05, 0.1) is 7.11 Å². The summed E-state index contributed by atoms with van der Waals surface area (Å²) in [4.78, 5) is 2.07. The third-order valence-electron chi connectivity index (χ3n) is 3.54. The summed E-state index contributed by atoms with van der Waals surface area (Å²) in [7, 11) is 1.55.